The molecule has 0 aliphatic carbocycles. The first-order valence-corrected chi connectivity index (χ1v) is 9.58. The first-order chi connectivity index (χ1) is 14.0. The van der Waals surface area contributed by atoms with Crippen LogP contribution in [0.5, 0.6) is 0 Å². The average Bonchev–Trinajstić information content (AvgIpc) is 2.60. The summed E-state index contributed by atoms with van der Waals surface area (Å²) in [4.78, 5) is 0. The molecule has 0 aliphatic heterocycles. The van der Waals surface area contributed by atoms with Crippen LogP contribution in [-0.4, -0.2) is 60.9 Å². The Bertz CT molecular complexity index is 730. The Morgan fingerprint density at radius 2 is 1.09 bits per heavy atom. The van der Waals surface area contributed by atoms with Crippen molar-refractivity contribution in [2.45, 2.75) is 54.6 Å². The zero-order chi connectivity index (χ0) is 26.4. The lowest BCUT2D eigenvalue weighted by Crippen LogP contribution is -2.71. The van der Waals surface area contributed by atoms with E-state index in [-0.39, 0.29) is 0 Å². The van der Waals surface area contributed by atoms with Crippen molar-refractivity contribution in [3.05, 3.63) is 25.3 Å². The topological polar surface area (TPSA) is 66.4 Å². The van der Waals surface area contributed by atoms with Crippen molar-refractivity contribution in [2.24, 2.45) is 0 Å². The number of alkyl halides is 12. The van der Waals surface area contributed by atoms with Crippen molar-refractivity contribution in [3.8, 4) is 0 Å². The van der Waals surface area contributed by atoms with Crippen LogP contribution in [0.25, 0.3) is 0 Å². The molecule has 0 heterocycles. The molecule has 0 atom stereocenters. The highest BCUT2D eigenvalue weighted by Crippen LogP contribution is 2.61. The highest BCUT2D eigenvalue weighted by Gasteiger charge is 2.91. The third-order valence-electron chi connectivity index (χ3n) is 3.47. The normalized spacial score (nSPS) is 14.4. The summed E-state index contributed by atoms with van der Waals surface area (Å²) in [5.41, 5.74) is 0. The Morgan fingerprint density at radius 3 is 1.38 bits per heavy atom. The van der Waals surface area contributed by atoms with Gasteiger partial charge in [-0.25, -0.2) is 0 Å². The molecule has 0 saturated heterocycles. The summed E-state index contributed by atoms with van der Waals surface area (Å²) in [5, 5.41) is -4.35. The van der Waals surface area contributed by atoms with Gasteiger partial charge in [0, 0.05) is 19.5 Å². The Hall–Kier alpha value is -1.49. The molecule has 0 saturated carbocycles. The maximum atomic E-state index is 13.1. The highest BCUT2D eigenvalue weighted by molar-refractivity contribution is 7.87. The smallest absolute Gasteiger partial charge is 0.310 e. The lowest BCUT2D eigenvalue weighted by Gasteiger charge is -2.40. The molecule has 0 unspecified atom stereocenters. The van der Waals surface area contributed by atoms with E-state index < -0.39 is 57.8 Å². The van der Waals surface area contributed by atoms with Crippen LogP contribution in [0.1, 0.15) is 19.8 Å². The van der Waals surface area contributed by atoms with E-state index in [1.807, 2.05) is 12.2 Å². The predicted molar refractivity (Wildman–Crippen MR) is 89.4 cm³/mol. The second kappa shape index (κ2) is 10.6. The molecule has 0 spiro atoms. The van der Waals surface area contributed by atoms with Crippen LogP contribution in [0.4, 0.5) is 52.7 Å². The van der Waals surface area contributed by atoms with Crippen LogP contribution in [0.15, 0.2) is 25.3 Å². The van der Waals surface area contributed by atoms with Gasteiger partial charge in [0.15, 0.2) is 0 Å². The van der Waals surface area contributed by atoms with Crippen LogP contribution in [-0.2, 0) is 10.1 Å². The maximum absolute atomic E-state index is 13.1. The van der Waals surface area contributed by atoms with Crippen LogP contribution < -0.4 is 5.32 Å². The molecule has 0 bridgehead atoms. The minimum absolute atomic E-state index is 0.696. The van der Waals surface area contributed by atoms with E-state index in [9.17, 15) is 61.1 Å². The fourth-order valence-electron chi connectivity index (χ4n) is 1.73. The van der Waals surface area contributed by atoms with Crippen LogP contribution >= 0.6 is 0 Å². The second-order valence-corrected chi connectivity index (χ2v) is 7.44. The van der Waals surface area contributed by atoms with Crippen molar-refractivity contribution >= 4 is 10.1 Å². The van der Waals surface area contributed by atoms with E-state index in [4.69, 9.17) is 4.55 Å². The van der Waals surface area contributed by atoms with Gasteiger partial charge in [-0.1, -0.05) is 25.5 Å². The summed E-state index contributed by atoms with van der Waals surface area (Å²) >= 11 is 0. The average molecular weight is 521 g/mol. The monoisotopic (exact) mass is 521 g/mol. The molecule has 4 nitrogen and oxygen atoms in total. The molecule has 0 rings (SSSR count). The Balaban J connectivity index is 0. The van der Waals surface area contributed by atoms with Crippen LogP contribution in [0.2, 0.25) is 0 Å². The summed E-state index contributed by atoms with van der Waals surface area (Å²) < 4.78 is 184. The summed E-state index contributed by atoms with van der Waals surface area (Å²) in [6.07, 6.45) is 0.404. The number of hydrogen-bond acceptors (Lipinski definition) is 3. The van der Waals surface area contributed by atoms with E-state index in [1.54, 1.807) is 0 Å². The molecule has 17 heteroatoms. The summed E-state index contributed by atoms with van der Waals surface area (Å²) in [6, 6.07) is 0. The number of nitrogens with one attached hydrogen (secondary N) is 1. The standard InChI is InChI=1S/C9H8F12O3S.C6H11N/c1-2-3-4(10,11)5(12,13)6(14,15)7(16,17)8(18,19)9(20,21)25(22,23)24;1-3-5-7-6-4-2/h2-3H2,1H3,(H,22,23,24);3-4,7H,1-2,5-6H2. The van der Waals surface area contributed by atoms with Crippen LogP contribution in [0.3, 0.4) is 0 Å². The van der Waals surface area contributed by atoms with Crippen LogP contribution in [0, 0.1) is 0 Å². The molecule has 192 valence electrons. The summed E-state index contributed by atoms with van der Waals surface area (Å²) in [6.45, 7) is 9.50. The van der Waals surface area contributed by atoms with Crippen molar-refractivity contribution in [1.82, 2.24) is 5.32 Å². The third-order valence-corrected chi connectivity index (χ3v) is 4.38. The molecule has 0 fully saturated rings. The number of hydrogen-bond donors (Lipinski definition) is 2. The SMILES string of the molecule is C=CCNCC=C.CCCC(F)(F)C(F)(F)C(F)(F)C(F)(F)C(F)(F)C(F)(F)S(=O)(=O)O. The van der Waals surface area contributed by atoms with E-state index in [1.165, 1.54) is 0 Å². The quantitative estimate of drug-likeness (QED) is 0.157. The largest absolute Gasteiger partial charge is 0.438 e. The summed E-state index contributed by atoms with van der Waals surface area (Å²) in [5.74, 6) is -37.1. The lowest BCUT2D eigenvalue weighted by molar-refractivity contribution is -0.417. The van der Waals surface area contributed by atoms with Gasteiger partial charge in [0.25, 0.3) is 0 Å². The molecule has 0 aromatic carbocycles. The zero-order valence-electron chi connectivity index (χ0n) is 16.1. The molecule has 0 aromatic heterocycles. The third kappa shape index (κ3) is 5.89. The Kier molecular flexibility index (Phi) is 10.9. The molecule has 32 heavy (non-hydrogen) atoms. The van der Waals surface area contributed by atoms with Crippen molar-refractivity contribution < 1.29 is 65.7 Å². The highest BCUT2D eigenvalue weighted by atomic mass is 32.2. The van der Waals surface area contributed by atoms with Gasteiger partial charge in [-0.3, -0.25) is 4.55 Å². The minimum Gasteiger partial charge on any atom is -0.310 e. The first kappa shape index (κ1) is 32.7. The van der Waals surface area contributed by atoms with E-state index in [0.29, 0.717) is 6.92 Å². The van der Waals surface area contributed by atoms with Gasteiger partial charge in [0.1, 0.15) is 0 Å². The van der Waals surface area contributed by atoms with E-state index in [2.05, 4.69) is 18.5 Å². The molecule has 0 aliphatic rings. The van der Waals surface area contributed by atoms with E-state index in [0.717, 1.165) is 13.1 Å². The first-order valence-electron chi connectivity index (χ1n) is 8.14. The van der Waals surface area contributed by atoms with Gasteiger partial charge in [-0.05, 0) is 0 Å². The molecule has 0 aromatic rings. The fourth-order valence-corrected chi connectivity index (χ4v) is 2.18. The van der Waals surface area contributed by atoms with Gasteiger partial charge in [-0.15, -0.1) is 13.2 Å². The van der Waals surface area contributed by atoms with Gasteiger partial charge in [0.2, 0.25) is 0 Å². The molecule has 0 amide bonds. The minimum atomic E-state index is -8.01. The second-order valence-electron chi connectivity index (χ2n) is 5.98. The van der Waals surface area contributed by atoms with Gasteiger partial charge < -0.3 is 5.32 Å². The van der Waals surface area contributed by atoms with Gasteiger partial charge in [-0.2, -0.15) is 61.1 Å². The summed E-state index contributed by atoms with van der Waals surface area (Å²) in [7, 11) is -7.52. The maximum Gasteiger partial charge on any atom is 0.438 e. The number of halogens is 12. The van der Waals surface area contributed by atoms with Crippen molar-refractivity contribution in [3.63, 3.8) is 0 Å². The molecule has 2 N–H and O–H groups in total. The fraction of sp³-hybridized carbons (Fsp3) is 0.733. The Morgan fingerprint density at radius 1 is 0.750 bits per heavy atom. The lowest BCUT2D eigenvalue weighted by atomic mass is 9.92. The van der Waals surface area contributed by atoms with Gasteiger partial charge >= 0.3 is 45.0 Å². The number of rotatable bonds is 12. The Labute approximate surface area is 175 Å². The van der Waals surface area contributed by atoms with E-state index >= 15 is 0 Å². The molecular weight excluding hydrogens is 502 g/mol. The predicted octanol–water partition coefficient (Wildman–Crippen LogP) is 5.39. The van der Waals surface area contributed by atoms with Gasteiger partial charge in [0.05, 0.1) is 0 Å². The zero-order valence-corrected chi connectivity index (χ0v) is 16.9. The van der Waals surface area contributed by atoms with Crippen molar-refractivity contribution in [2.75, 3.05) is 13.1 Å². The molecule has 0 radical (unpaired) electrons. The molecular formula is C15H19F12NO3S. The van der Waals surface area contributed by atoms with Crippen molar-refractivity contribution in [1.29, 1.82) is 0 Å².